The van der Waals surface area contributed by atoms with Crippen molar-refractivity contribution < 1.29 is 4.79 Å². The van der Waals surface area contributed by atoms with Crippen molar-refractivity contribution in [1.82, 2.24) is 0 Å². The first-order valence-electron chi connectivity index (χ1n) is 6.42. The Morgan fingerprint density at radius 2 is 2.00 bits per heavy atom. The first-order valence-corrected chi connectivity index (χ1v) is 6.42. The molecule has 0 saturated heterocycles. The van der Waals surface area contributed by atoms with Crippen molar-refractivity contribution in [3.63, 3.8) is 0 Å². The number of carbonyl (C=O) groups excluding carboxylic acids is 1. The van der Waals surface area contributed by atoms with Gasteiger partial charge in [-0.25, -0.2) is 0 Å². The molecule has 2 bridgehead atoms. The van der Waals surface area contributed by atoms with E-state index < -0.39 is 0 Å². The molecule has 0 aromatic rings. The summed E-state index contributed by atoms with van der Waals surface area (Å²) in [6, 6.07) is 0. The Morgan fingerprint density at radius 3 is 2.47 bits per heavy atom. The van der Waals surface area contributed by atoms with Crippen LogP contribution < -0.4 is 0 Å². The fourth-order valence-corrected chi connectivity index (χ4v) is 4.29. The standard InChI is InChI=1S/C14H24O/c1-5-11(15)8-12-13(2,3)10-6-7-14(12,4)9-10/h10,12H,5-9H2,1-4H3. The second-order valence-corrected chi connectivity index (χ2v) is 6.56. The average molecular weight is 208 g/mol. The van der Waals surface area contributed by atoms with E-state index in [1.165, 1.54) is 19.3 Å². The van der Waals surface area contributed by atoms with Crippen molar-refractivity contribution in [1.29, 1.82) is 0 Å². The van der Waals surface area contributed by atoms with Crippen LogP contribution in [0.4, 0.5) is 0 Å². The fourth-order valence-electron chi connectivity index (χ4n) is 4.29. The zero-order valence-corrected chi connectivity index (χ0v) is 10.6. The number of fused-ring (bicyclic) bond motifs is 2. The van der Waals surface area contributed by atoms with E-state index in [1.54, 1.807) is 0 Å². The zero-order chi connectivity index (χ0) is 11.3. The molecule has 0 heterocycles. The van der Waals surface area contributed by atoms with Crippen molar-refractivity contribution >= 4 is 5.78 Å². The molecule has 0 aromatic carbocycles. The van der Waals surface area contributed by atoms with Gasteiger partial charge in [-0.3, -0.25) is 4.79 Å². The maximum absolute atomic E-state index is 11.7. The van der Waals surface area contributed by atoms with E-state index in [1.807, 2.05) is 6.92 Å². The monoisotopic (exact) mass is 208 g/mol. The molecule has 0 aromatic heterocycles. The molecule has 2 fully saturated rings. The lowest BCUT2D eigenvalue weighted by Gasteiger charge is -2.42. The Labute approximate surface area is 93.6 Å². The second-order valence-electron chi connectivity index (χ2n) is 6.56. The zero-order valence-electron chi connectivity index (χ0n) is 10.6. The van der Waals surface area contributed by atoms with E-state index in [0.717, 1.165) is 12.3 Å². The first-order chi connectivity index (χ1) is 6.90. The Kier molecular flexibility index (Phi) is 2.48. The summed E-state index contributed by atoms with van der Waals surface area (Å²) in [5.74, 6) is 1.97. The number of rotatable bonds is 3. The van der Waals surface area contributed by atoms with E-state index in [0.29, 0.717) is 29.0 Å². The number of ketones is 1. The van der Waals surface area contributed by atoms with Crippen molar-refractivity contribution in [2.45, 2.75) is 59.8 Å². The Bertz CT molecular complexity index is 274. The van der Waals surface area contributed by atoms with Gasteiger partial charge in [0.15, 0.2) is 0 Å². The minimum Gasteiger partial charge on any atom is -0.300 e. The highest BCUT2D eigenvalue weighted by Crippen LogP contribution is 2.66. The predicted molar refractivity (Wildman–Crippen MR) is 62.6 cm³/mol. The van der Waals surface area contributed by atoms with E-state index in [9.17, 15) is 4.79 Å². The van der Waals surface area contributed by atoms with E-state index in [-0.39, 0.29) is 0 Å². The third-order valence-electron chi connectivity index (χ3n) is 5.39. The van der Waals surface area contributed by atoms with Gasteiger partial charge in [0.1, 0.15) is 5.78 Å². The van der Waals surface area contributed by atoms with Crippen molar-refractivity contribution in [3.05, 3.63) is 0 Å². The maximum atomic E-state index is 11.7. The molecule has 1 nitrogen and oxygen atoms in total. The summed E-state index contributed by atoms with van der Waals surface area (Å²) in [7, 11) is 0. The van der Waals surface area contributed by atoms with Crippen molar-refractivity contribution in [2.24, 2.45) is 22.7 Å². The molecule has 0 amide bonds. The molecule has 2 saturated carbocycles. The SMILES string of the molecule is CCC(=O)CC1C2(C)CCC(C2)C1(C)C. The summed E-state index contributed by atoms with van der Waals surface area (Å²) in [6.45, 7) is 9.17. The van der Waals surface area contributed by atoms with E-state index in [2.05, 4.69) is 20.8 Å². The van der Waals surface area contributed by atoms with Crippen LogP contribution in [0.5, 0.6) is 0 Å². The third-order valence-corrected chi connectivity index (χ3v) is 5.39. The van der Waals surface area contributed by atoms with Crippen LogP contribution in [-0.4, -0.2) is 5.78 Å². The van der Waals surface area contributed by atoms with Gasteiger partial charge in [-0.2, -0.15) is 0 Å². The summed E-state index contributed by atoms with van der Waals surface area (Å²) >= 11 is 0. The topological polar surface area (TPSA) is 17.1 Å². The van der Waals surface area contributed by atoms with Gasteiger partial charge in [0.25, 0.3) is 0 Å². The predicted octanol–water partition coefficient (Wildman–Crippen LogP) is 3.82. The Morgan fingerprint density at radius 1 is 1.33 bits per heavy atom. The van der Waals surface area contributed by atoms with Crippen LogP contribution in [-0.2, 0) is 4.79 Å². The minimum absolute atomic E-state index is 0.401. The summed E-state index contributed by atoms with van der Waals surface area (Å²) < 4.78 is 0. The maximum Gasteiger partial charge on any atom is 0.132 e. The molecule has 1 heteroatoms. The molecule has 2 aliphatic rings. The van der Waals surface area contributed by atoms with Gasteiger partial charge in [-0.15, -0.1) is 0 Å². The van der Waals surface area contributed by atoms with Gasteiger partial charge < -0.3 is 0 Å². The van der Waals surface area contributed by atoms with E-state index >= 15 is 0 Å². The van der Waals surface area contributed by atoms with Crippen LogP contribution >= 0.6 is 0 Å². The number of hydrogen-bond acceptors (Lipinski definition) is 1. The van der Waals surface area contributed by atoms with Gasteiger partial charge in [-0.05, 0) is 41.9 Å². The second kappa shape index (κ2) is 3.33. The van der Waals surface area contributed by atoms with Gasteiger partial charge in [0, 0.05) is 12.8 Å². The molecule has 2 aliphatic carbocycles. The van der Waals surface area contributed by atoms with E-state index in [4.69, 9.17) is 0 Å². The first kappa shape index (κ1) is 11.2. The molecular formula is C14H24O. The Hall–Kier alpha value is -0.330. The summed E-state index contributed by atoms with van der Waals surface area (Å²) in [6.07, 6.45) is 5.65. The summed E-state index contributed by atoms with van der Waals surface area (Å²) in [5.41, 5.74) is 0.872. The molecule has 3 atom stereocenters. The number of Topliss-reactive ketones (excluding diaryl/α,β-unsaturated/α-hetero) is 1. The Balaban J connectivity index is 2.19. The highest BCUT2D eigenvalue weighted by molar-refractivity contribution is 5.78. The number of carbonyl (C=O) groups is 1. The average Bonchev–Trinajstić information content (AvgIpc) is 2.63. The quantitative estimate of drug-likeness (QED) is 0.689. The van der Waals surface area contributed by atoms with Gasteiger partial charge in [0.2, 0.25) is 0 Å². The molecule has 0 radical (unpaired) electrons. The van der Waals surface area contributed by atoms with Crippen LogP contribution in [0.1, 0.15) is 59.8 Å². The van der Waals surface area contributed by atoms with Crippen molar-refractivity contribution in [2.75, 3.05) is 0 Å². The molecule has 0 aliphatic heterocycles. The van der Waals surface area contributed by atoms with Crippen LogP contribution in [0.15, 0.2) is 0 Å². The largest absolute Gasteiger partial charge is 0.300 e. The molecule has 0 N–H and O–H groups in total. The lowest BCUT2D eigenvalue weighted by molar-refractivity contribution is -0.122. The van der Waals surface area contributed by atoms with Gasteiger partial charge in [0.05, 0.1) is 0 Å². The molecule has 86 valence electrons. The van der Waals surface area contributed by atoms with Crippen LogP contribution in [0.3, 0.4) is 0 Å². The van der Waals surface area contributed by atoms with Crippen LogP contribution in [0, 0.1) is 22.7 Å². The molecule has 0 spiro atoms. The minimum atomic E-state index is 0.401. The smallest absolute Gasteiger partial charge is 0.132 e. The summed E-state index contributed by atoms with van der Waals surface area (Å²) in [4.78, 5) is 11.7. The van der Waals surface area contributed by atoms with Gasteiger partial charge >= 0.3 is 0 Å². The lowest BCUT2D eigenvalue weighted by Crippen LogP contribution is -2.36. The van der Waals surface area contributed by atoms with Crippen molar-refractivity contribution in [3.8, 4) is 0 Å². The molecular weight excluding hydrogens is 184 g/mol. The normalized spacial score (nSPS) is 42.1. The number of hydrogen-bond donors (Lipinski definition) is 0. The molecule has 15 heavy (non-hydrogen) atoms. The van der Waals surface area contributed by atoms with Crippen LogP contribution in [0.25, 0.3) is 0 Å². The highest BCUT2D eigenvalue weighted by Gasteiger charge is 2.58. The third kappa shape index (κ3) is 1.55. The lowest BCUT2D eigenvalue weighted by atomic mass is 9.62. The van der Waals surface area contributed by atoms with Crippen LogP contribution in [0.2, 0.25) is 0 Å². The fraction of sp³-hybridized carbons (Fsp3) is 0.929. The highest BCUT2D eigenvalue weighted by atomic mass is 16.1. The molecule has 3 unspecified atom stereocenters. The molecule has 2 rings (SSSR count). The summed E-state index contributed by atoms with van der Waals surface area (Å²) in [5, 5.41) is 0. The van der Waals surface area contributed by atoms with Gasteiger partial charge in [-0.1, -0.05) is 27.7 Å².